The van der Waals surface area contributed by atoms with Gasteiger partial charge in [0, 0.05) is 25.4 Å². The van der Waals surface area contributed by atoms with Gasteiger partial charge in [-0.15, -0.1) is 0 Å². The summed E-state index contributed by atoms with van der Waals surface area (Å²) >= 11 is 3.19. The third-order valence-corrected chi connectivity index (χ3v) is 3.47. The molecule has 2 aromatic heterocycles. The fourth-order valence-corrected chi connectivity index (χ4v) is 2.42. The lowest BCUT2D eigenvalue weighted by Gasteiger charge is -2.15. The van der Waals surface area contributed by atoms with Crippen LogP contribution in [0, 0.1) is 0 Å². The number of hydrogen-bond acceptors (Lipinski definition) is 5. The number of rotatable bonds is 3. The van der Waals surface area contributed by atoms with Gasteiger partial charge in [0.1, 0.15) is 6.10 Å². The van der Waals surface area contributed by atoms with E-state index in [1.165, 1.54) is 0 Å². The van der Waals surface area contributed by atoms with Gasteiger partial charge in [0.15, 0.2) is 10.4 Å². The van der Waals surface area contributed by atoms with Crippen molar-refractivity contribution in [2.24, 2.45) is 0 Å². The lowest BCUT2D eigenvalue weighted by Crippen LogP contribution is -2.30. The molecule has 1 fully saturated rings. The van der Waals surface area contributed by atoms with Gasteiger partial charge in [0.25, 0.3) is 5.91 Å². The summed E-state index contributed by atoms with van der Waals surface area (Å²) in [5.74, 6) is 0.686. The minimum absolute atomic E-state index is 0.0611. The van der Waals surface area contributed by atoms with E-state index in [0.29, 0.717) is 29.4 Å². The number of hydrogen-bond donors (Lipinski definition) is 0. The molecule has 104 valence electrons. The van der Waals surface area contributed by atoms with Crippen LogP contribution in [0.15, 0.2) is 39.8 Å². The molecule has 0 radical (unpaired) electrons. The van der Waals surface area contributed by atoms with Gasteiger partial charge in [-0.25, -0.2) is 4.98 Å². The highest BCUT2D eigenvalue weighted by atomic mass is 79.9. The molecule has 0 bridgehead atoms. The molecule has 1 atom stereocenters. The van der Waals surface area contributed by atoms with Crippen LogP contribution in [0.2, 0.25) is 0 Å². The van der Waals surface area contributed by atoms with Crippen LogP contribution in [0.1, 0.15) is 17.0 Å². The Kier molecular flexibility index (Phi) is 3.68. The molecule has 7 heteroatoms. The summed E-state index contributed by atoms with van der Waals surface area (Å²) < 4.78 is 11.5. The maximum absolute atomic E-state index is 12.2. The zero-order chi connectivity index (χ0) is 13.9. The summed E-state index contributed by atoms with van der Waals surface area (Å²) in [7, 11) is 0. The molecule has 20 heavy (non-hydrogen) atoms. The average Bonchev–Trinajstić information content (AvgIpc) is 3.08. The van der Waals surface area contributed by atoms with E-state index in [1.54, 1.807) is 35.6 Å². The number of furan rings is 1. The lowest BCUT2D eigenvalue weighted by molar-refractivity contribution is 0.0738. The third-order valence-electron chi connectivity index (χ3n) is 3.04. The van der Waals surface area contributed by atoms with E-state index >= 15 is 0 Å². The van der Waals surface area contributed by atoms with Gasteiger partial charge in [-0.1, -0.05) is 0 Å². The van der Waals surface area contributed by atoms with Crippen LogP contribution in [0.3, 0.4) is 0 Å². The molecular formula is C13H12BrN3O3. The summed E-state index contributed by atoms with van der Waals surface area (Å²) in [6.07, 6.45) is 5.44. The topological polar surface area (TPSA) is 68.5 Å². The molecule has 3 rings (SSSR count). The second-order valence-electron chi connectivity index (χ2n) is 4.43. The SMILES string of the molecule is O=C(c1ccc(Br)o1)N1CC[C@@H](Oc2cnccn2)C1. The van der Waals surface area contributed by atoms with Crippen LogP contribution in [-0.4, -0.2) is 40.0 Å². The molecule has 3 heterocycles. The minimum Gasteiger partial charge on any atom is -0.471 e. The van der Waals surface area contributed by atoms with Gasteiger partial charge in [0.05, 0.1) is 12.7 Å². The molecule has 0 spiro atoms. The van der Waals surface area contributed by atoms with E-state index in [4.69, 9.17) is 9.15 Å². The summed E-state index contributed by atoms with van der Waals surface area (Å²) in [6.45, 7) is 1.16. The van der Waals surface area contributed by atoms with Gasteiger partial charge < -0.3 is 14.1 Å². The first kappa shape index (κ1) is 13.1. The molecule has 0 aliphatic carbocycles. The summed E-state index contributed by atoms with van der Waals surface area (Å²) in [4.78, 5) is 21.9. The van der Waals surface area contributed by atoms with Crippen molar-refractivity contribution in [3.8, 4) is 5.88 Å². The van der Waals surface area contributed by atoms with Gasteiger partial charge in [-0.05, 0) is 28.1 Å². The highest BCUT2D eigenvalue weighted by Gasteiger charge is 2.29. The van der Waals surface area contributed by atoms with Gasteiger partial charge in [-0.2, -0.15) is 0 Å². The van der Waals surface area contributed by atoms with Gasteiger partial charge in [0.2, 0.25) is 5.88 Å². The summed E-state index contributed by atoms with van der Waals surface area (Å²) in [6, 6.07) is 3.36. The van der Waals surface area contributed by atoms with E-state index in [2.05, 4.69) is 25.9 Å². The fraction of sp³-hybridized carbons (Fsp3) is 0.308. The summed E-state index contributed by atoms with van der Waals surface area (Å²) in [5.41, 5.74) is 0. The van der Waals surface area contributed by atoms with Crippen LogP contribution >= 0.6 is 15.9 Å². The number of nitrogens with zero attached hydrogens (tertiary/aromatic N) is 3. The first-order valence-electron chi connectivity index (χ1n) is 6.19. The number of amides is 1. The smallest absolute Gasteiger partial charge is 0.289 e. The molecule has 0 unspecified atom stereocenters. The highest BCUT2D eigenvalue weighted by Crippen LogP contribution is 2.20. The molecule has 2 aromatic rings. The molecular weight excluding hydrogens is 326 g/mol. The quantitative estimate of drug-likeness (QED) is 0.858. The Labute approximate surface area is 123 Å². The molecule has 1 aliphatic rings. The van der Waals surface area contributed by atoms with E-state index in [9.17, 15) is 4.79 Å². The highest BCUT2D eigenvalue weighted by molar-refractivity contribution is 9.10. The Balaban J connectivity index is 1.61. The van der Waals surface area contributed by atoms with E-state index in [-0.39, 0.29) is 12.0 Å². The van der Waals surface area contributed by atoms with Gasteiger partial charge >= 0.3 is 0 Å². The summed E-state index contributed by atoms with van der Waals surface area (Å²) in [5, 5.41) is 0. The number of likely N-dealkylation sites (tertiary alicyclic amines) is 1. The number of halogens is 1. The van der Waals surface area contributed by atoms with Crippen molar-refractivity contribution in [1.29, 1.82) is 0 Å². The molecule has 0 N–H and O–H groups in total. The molecule has 1 aliphatic heterocycles. The zero-order valence-electron chi connectivity index (χ0n) is 10.5. The van der Waals surface area contributed by atoms with Gasteiger partial charge in [-0.3, -0.25) is 9.78 Å². The third kappa shape index (κ3) is 2.82. The molecule has 1 amide bonds. The standard InChI is InChI=1S/C13H12BrN3O3/c14-11-2-1-10(20-11)13(18)17-6-3-9(8-17)19-12-7-15-4-5-16-12/h1-2,4-5,7,9H,3,6,8H2/t9-/m1/s1. The Hall–Kier alpha value is -1.89. The molecule has 0 saturated carbocycles. The lowest BCUT2D eigenvalue weighted by atomic mass is 10.3. The second kappa shape index (κ2) is 5.62. The van der Waals surface area contributed by atoms with Crippen molar-refractivity contribution in [3.05, 3.63) is 41.2 Å². The Morgan fingerprint density at radius 2 is 2.35 bits per heavy atom. The van der Waals surface area contributed by atoms with Crippen LogP contribution in [0.5, 0.6) is 5.88 Å². The van der Waals surface area contributed by atoms with Crippen LogP contribution in [-0.2, 0) is 0 Å². The first-order valence-corrected chi connectivity index (χ1v) is 6.99. The number of carbonyl (C=O) groups excluding carboxylic acids is 1. The van der Waals surface area contributed by atoms with Crippen LogP contribution in [0.25, 0.3) is 0 Å². The normalized spacial score (nSPS) is 18.2. The largest absolute Gasteiger partial charge is 0.471 e. The van der Waals surface area contributed by atoms with Crippen molar-refractivity contribution in [3.63, 3.8) is 0 Å². The first-order chi connectivity index (χ1) is 9.72. The number of carbonyl (C=O) groups is 1. The number of ether oxygens (including phenoxy) is 1. The Bertz CT molecular complexity index is 602. The molecule has 6 nitrogen and oxygen atoms in total. The Morgan fingerprint density at radius 3 is 3.05 bits per heavy atom. The fourth-order valence-electron chi connectivity index (χ4n) is 2.11. The van der Waals surface area contributed by atoms with Crippen molar-refractivity contribution < 1.29 is 13.9 Å². The van der Waals surface area contributed by atoms with Crippen molar-refractivity contribution in [1.82, 2.24) is 14.9 Å². The van der Waals surface area contributed by atoms with Crippen LogP contribution < -0.4 is 4.74 Å². The van der Waals surface area contributed by atoms with E-state index in [0.717, 1.165) is 6.42 Å². The predicted octanol–water partition coefficient (Wildman–Crippen LogP) is 2.13. The molecule has 0 aromatic carbocycles. The van der Waals surface area contributed by atoms with E-state index in [1.807, 2.05) is 0 Å². The average molecular weight is 338 g/mol. The van der Waals surface area contributed by atoms with Crippen molar-refractivity contribution >= 4 is 21.8 Å². The number of aromatic nitrogens is 2. The van der Waals surface area contributed by atoms with Crippen molar-refractivity contribution in [2.45, 2.75) is 12.5 Å². The Morgan fingerprint density at radius 1 is 1.45 bits per heavy atom. The predicted molar refractivity (Wildman–Crippen MR) is 73.4 cm³/mol. The van der Waals surface area contributed by atoms with Crippen molar-refractivity contribution in [2.75, 3.05) is 13.1 Å². The second-order valence-corrected chi connectivity index (χ2v) is 5.21. The van der Waals surface area contributed by atoms with Crippen LogP contribution in [0.4, 0.5) is 0 Å². The maximum Gasteiger partial charge on any atom is 0.289 e. The molecule has 1 saturated heterocycles. The van der Waals surface area contributed by atoms with E-state index < -0.39 is 0 Å². The monoisotopic (exact) mass is 337 g/mol. The zero-order valence-corrected chi connectivity index (χ0v) is 12.1. The maximum atomic E-state index is 12.2. The minimum atomic E-state index is -0.124.